The summed E-state index contributed by atoms with van der Waals surface area (Å²) in [6, 6.07) is 7.48. The standard InChI is InChI=1S/C16H23NO3/c1-11-10-17(3)12(2)9-15(11)20-16(18)13-5-7-14(19-4)8-6-13/h5-8,11-12,15H,9-10H2,1-4H3/t11-,12+,15-/m0/s1. The molecule has 0 N–H and O–H groups in total. The molecule has 20 heavy (non-hydrogen) atoms. The highest BCUT2D eigenvalue weighted by Gasteiger charge is 2.31. The fourth-order valence-corrected chi connectivity index (χ4v) is 2.60. The van der Waals surface area contributed by atoms with Crippen molar-refractivity contribution in [3.8, 4) is 5.75 Å². The maximum Gasteiger partial charge on any atom is 0.338 e. The number of ether oxygens (including phenoxy) is 2. The van der Waals surface area contributed by atoms with Gasteiger partial charge in [-0.1, -0.05) is 6.92 Å². The first-order valence-corrected chi connectivity index (χ1v) is 7.06. The van der Waals surface area contributed by atoms with Crippen molar-refractivity contribution in [3.05, 3.63) is 29.8 Å². The third-order valence-corrected chi connectivity index (χ3v) is 4.12. The van der Waals surface area contributed by atoms with Crippen molar-refractivity contribution in [2.45, 2.75) is 32.4 Å². The van der Waals surface area contributed by atoms with Gasteiger partial charge in [-0.05, 0) is 44.7 Å². The van der Waals surface area contributed by atoms with Gasteiger partial charge in [0.2, 0.25) is 0 Å². The highest BCUT2D eigenvalue weighted by atomic mass is 16.5. The molecule has 0 saturated carbocycles. The maximum absolute atomic E-state index is 12.2. The molecule has 1 aromatic rings. The Labute approximate surface area is 120 Å². The van der Waals surface area contributed by atoms with Crippen LogP contribution in [0.2, 0.25) is 0 Å². The zero-order valence-corrected chi connectivity index (χ0v) is 12.6. The number of hydrogen-bond acceptors (Lipinski definition) is 4. The highest BCUT2D eigenvalue weighted by Crippen LogP contribution is 2.24. The molecule has 1 aromatic carbocycles. The normalized spacial score (nSPS) is 27.1. The first-order chi connectivity index (χ1) is 9.51. The molecule has 1 fully saturated rings. The molecule has 0 amide bonds. The van der Waals surface area contributed by atoms with Gasteiger partial charge in [-0.15, -0.1) is 0 Å². The number of piperidine rings is 1. The molecule has 1 aliphatic heterocycles. The molecule has 0 aliphatic carbocycles. The van der Waals surface area contributed by atoms with E-state index >= 15 is 0 Å². The van der Waals surface area contributed by atoms with Crippen LogP contribution in [-0.2, 0) is 4.74 Å². The number of benzene rings is 1. The molecule has 2 rings (SSSR count). The quantitative estimate of drug-likeness (QED) is 0.796. The second kappa shape index (κ2) is 6.27. The first kappa shape index (κ1) is 14.9. The van der Waals surface area contributed by atoms with E-state index in [1.807, 2.05) is 0 Å². The van der Waals surface area contributed by atoms with E-state index in [1.165, 1.54) is 0 Å². The van der Waals surface area contributed by atoms with Crippen LogP contribution in [0.3, 0.4) is 0 Å². The molecule has 1 aliphatic rings. The zero-order chi connectivity index (χ0) is 14.7. The SMILES string of the molecule is COc1ccc(C(=O)O[C@H]2C[C@@H](C)N(C)C[C@@H]2C)cc1. The summed E-state index contributed by atoms with van der Waals surface area (Å²) in [7, 11) is 3.72. The van der Waals surface area contributed by atoms with Crippen LogP contribution in [0.5, 0.6) is 5.75 Å². The second-order valence-corrected chi connectivity index (χ2v) is 5.67. The Balaban J connectivity index is 1.99. The van der Waals surface area contributed by atoms with E-state index in [0.717, 1.165) is 18.7 Å². The van der Waals surface area contributed by atoms with Crippen LogP contribution in [0.1, 0.15) is 30.6 Å². The molecule has 0 aromatic heterocycles. The highest BCUT2D eigenvalue weighted by molar-refractivity contribution is 5.89. The lowest BCUT2D eigenvalue weighted by atomic mass is 9.92. The van der Waals surface area contributed by atoms with E-state index < -0.39 is 0 Å². The van der Waals surface area contributed by atoms with Gasteiger partial charge >= 0.3 is 5.97 Å². The molecule has 0 bridgehead atoms. The Bertz CT molecular complexity index is 457. The van der Waals surface area contributed by atoms with E-state index in [-0.39, 0.29) is 12.1 Å². The predicted molar refractivity (Wildman–Crippen MR) is 78.1 cm³/mol. The molecule has 1 heterocycles. The Morgan fingerprint density at radius 1 is 1.25 bits per heavy atom. The summed E-state index contributed by atoms with van der Waals surface area (Å²) >= 11 is 0. The molecule has 3 atom stereocenters. The lowest BCUT2D eigenvalue weighted by Crippen LogP contribution is -2.46. The second-order valence-electron chi connectivity index (χ2n) is 5.67. The van der Waals surface area contributed by atoms with Crippen LogP contribution >= 0.6 is 0 Å². The average Bonchev–Trinajstić information content (AvgIpc) is 2.44. The van der Waals surface area contributed by atoms with Gasteiger partial charge in [-0.2, -0.15) is 0 Å². The van der Waals surface area contributed by atoms with Crippen molar-refractivity contribution in [1.82, 2.24) is 4.90 Å². The lowest BCUT2D eigenvalue weighted by molar-refractivity contribution is -0.0196. The fourth-order valence-electron chi connectivity index (χ4n) is 2.60. The average molecular weight is 277 g/mol. The number of hydrogen-bond donors (Lipinski definition) is 0. The number of methoxy groups -OCH3 is 1. The van der Waals surface area contributed by atoms with Crippen LogP contribution in [-0.4, -0.2) is 43.7 Å². The number of carbonyl (C=O) groups excluding carboxylic acids is 1. The monoisotopic (exact) mass is 277 g/mol. The van der Waals surface area contributed by atoms with Crippen molar-refractivity contribution >= 4 is 5.97 Å². The molecule has 4 nitrogen and oxygen atoms in total. The Hall–Kier alpha value is -1.55. The number of rotatable bonds is 3. The summed E-state index contributed by atoms with van der Waals surface area (Å²) in [5.41, 5.74) is 0.574. The van der Waals surface area contributed by atoms with Gasteiger partial charge in [-0.25, -0.2) is 4.79 Å². The minimum Gasteiger partial charge on any atom is -0.497 e. The summed E-state index contributed by atoms with van der Waals surface area (Å²) in [4.78, 5) is 14.5. The van der Waals surface area contributed by atoms with E-state index in [9.17, 15) is 4.79 Å². The summed E-state index contributed by atoms with van der Waals surface area (Å²) in [6.45, 7) is 5.26. The minimum absolute atomic E-state index is 0.00389. The van der Waals surface area contributed by atoms with Crippen molar-refractivity contribution < 1.29 is 14.3 Å². The summed E-state index contributed by atoms with van der Waals surface area (Å²) in [5, 5.41) is 0. The largest absolute Gasteiger partial charge is 0.497 e. The van der Waals surface area contributed by atoms with Crippen molar-refractivity contribution in [2.24, 2.45) is 5.92 Å². The molecule has 1 saturated heterocycles. The molecule has 0 radical (unpaired) electrons. The molecular weight excluding hydrogens is 254 g/mol. The van der Waals surface area contributed by atoms with Crippen LogP contribution < -0.4 is 4.74 Å². The topological polar surface area (TPSA) is 38.8 Å². The van der Waals surface area contributed by atoms with Crippen molar-refractivity contribution in [3.63, 3.8) is 0 Å². The Morgan fingerprint density at radius 2 is 1.90 bits per heavy atom. The summed E-state index contributed by atoms with van der Waals surface area (Å²) in [6.07, 6.45) is 0.885. The number of esters is 1. The third kappa shape index (κ3) is 3.31. The first-order valence-electron chi connectivity index (χ1n) is 7.06. The Morgan fingerprint density at radius 3 is 2.50 bits per heavy atom. The van der Waals surface area contributed by atoms with E-state index in [0.29, 0.717) is 17.5 Å². The van der Waals surface area contributed by atoms with Gasteiger partial charge in [0.25, 0.3) is 0 Å². The third-order valence-electron chi connectivity index (χ3n) is 4.12. The van der Waals surface area contributed by atoms with E-state index in [2.05, 4.69) is 25.8 Å². The van der Waals surface area contributed by atoms with Gasteiger partial charge in [0.15, 0.2) is 0 Å². The molecule has 0 spiro atoms. The fraction of sp³-hybridized carbons (Fsp3) is 0.562. The minimum atomic E-state index is -0.249. The Kier molecular flexibility index (Phi) is 4.65. The van der Waals surface area contributed by atoms with E-state index in [4.69, 9.17) is 9.47 Å². The number of nitrogens with zero attached hydrogens (tertiary/aromatic N) is 1. The van der Waals surface area contributed by atoms with Crippen molar-refractivity contribution in [2.75, 3.05) is 20.7 Å². The van der Waals surface area contributed by atoms with Crippen molar-refractivity contribution in [1.29, 1.82) is 0 Å². The molecule has 110 valence electrons. The number of carbonyl (C=O) groups is 1. The van der Waals surface area contributed by atoms with Crippen LogP contribution in [0, 0.1) is 5.92 Å². The lowest BCUT2D eigenvalue weighted by Gasteiger charge is -2.39. The zero-order valence-electron chi connectivity index (χ0n) is 12.6. The smallest absolute Gasteiger partial charge is 0.338 e. The maximum atomic E-state index is 12.2. The van der Waals surface area contributed by atoms with Gasteiger partial charge in [-0.3, -0.25) is 0 Å². The molecule has 0 unspecified atom stereocenters. The summed E-state index contributed by atoms with van der Waals surface area (Å²) < 4.78 is 10.8. The molecular formula is C16H23NO3. The van der Waals surface area contributed by atoms with Gasteiger partial charge in [0.05, 0.1) is 12.7 Å². The summed E-state index contributed by atoms with van der Waals surface area (Å²) in [5.74, 6) is 0.850. The van der Waals surface area contributed by atoms with Crippen LogP contribution in [0.25, 0.3) is 0 Å². The van der Waals surface area contributed by atoms with E-state index in [1.54, 1.807) is 31.4 Å². The van der Waals surface area contributed by atoms with Crippen LogP contribution in [0.4, 0.5) is 0 Å². The van der Waals surface area contributed by atoms with Gasteiger partial charge < -0.3 is 14.4 Å². The van der Waals surface area contributed by atoms with Gasteiger partial charge in [0.1, 0.15) is 11.9 Å². The number of likely N-dealkylation sites (tertiary alicyclic amines) is 1. The van der Waals surface area contributed by atoms with Gasteiger partial charge in [0, 0.05) is 18.5 Å². The van der Waals surface area contributed by atoms with Crippen LogP contribution in [0.15, 0.2) is 24.3 Å². The molecule has 4 heteroatoms. The predicted octanol–water partition coefficient (Wildman–Crippen LogP) is 2.58.